The van der Waals surface area contributed by atoms with E-state index in [1.807, 2.05) is 30.3 Å². The summed E-state index contributed by atoms with van der Waals surface area (Å²) in [6.07, 6.45) is 2.85. The zero-order valence-electron chi connectivity index (χ0n) is 15.2. The van der Waals surface area contributed by atoms with Gasteiger partial charge in [0, 0.05) is 11.3 Å². The average molecular weight is 349 g/mol. The number of allylic oxidation sites excluding steroid dienone is 1. The van der Waals surface area contributed by atoms with E-state index in [9.17, 15) is 9.59 Å². The molecule has 1 heterocycles. The van der Waals surface area contributed by atoms with E-state index in [-0.39, 0.29) is 11.9 Å². The second-order valence-electron chi connectivity index (χ2n) is 6.26. The number of hydrogen-bond donors (Lipinski definition) is 1. The van der Waals surface area contributed by atoms with Crippen LogP contribution in [-0.2, 0) is 9.53 Å². The van der Waals surface area contributed by atoms with Crippen LogP contribution in [0.5, 0.6) is 0 Å². The summed E-state index contributed by atoms with van der Waals surface area (Å²) in [6.45, 7) is 4.23. The molecular formula is C22H23NO3. The van der Waals surface area contributed by atoms with Gasteiger partial charge in [-0.15, -0.1) is 0 Å². The SMILES string of the molecule is CCCC/C(=C1/C(=O)Nc2ccc(C(=O)OCC)cc21)c1ccccc1. The molecule has 0 bridgehead atoms. The molecule has 0 radical (unpaired) electrons. The molecule has 0 aliphatic carbocycles. The van der Waals surface area contributed by atoms with E-state index < -0.39 is 0 Å². The van der Waals surface area contributed by atoms with E-state index in [0.717, 1.165) is 41.6 Å². The molecule has 3 rings (SSSR count). The van der Waals surface area contributed by atoms with Gasteiger partial charge in [-0.05, 0) is 49.1 Å². The van der Waals surface area contributed by atoms with Gasteiger partial charge in [-0.3, -0.25) is 4.79 Å². The van der Waals surface area contributed by atoms with E-state index in [2.05, 4.69) is 12.2 Å². The summed E-state index contributed by atoms with van der Waals surface area (Å²) in [5.74, 6) is -0.486. The van der Waals surface area contributed by atoms with Gasteiger partial charge in [-0.1, -0.05) is 43.7 Å². The molecule has 2 aromatic rings. The Morgan fingerprint density at radius 1 is 1.04 bits per heavy atom. The molecule has 1 aliphatic rings. The van der Waals surface area contributed by atoms with Gasteiger partial charge < -0.3 is 10.1 Å². The van der Waals surface area contributed by atoms with E-state index in [0.29, 0.717) is 17.7 Å². The highest BCUT2D eigenvalue weighted by atomic mass is 16.5. The van der Waals surface area contributed by atoms with Crippen LogP contribution in [-0.4, -0.2) is 18.5 Å². The summed E-state index contributed by atoms with van der Waals surface area (Å²) in [7, 11) is 0. The number of benzene rings is 2. The number of ether oxygens (including phenoxy) is 1. The fourth-order valence-electron chi connectivity index (χ4n) is 3.21. The fourth-order valence-corrected chi connectivity index (χ4v) is 3.21. The smallest absolute Gasteiger partial charge is 0.338 e. The predicted molar refractivity (Wildman–Crippen MR) is 104 cm³/mol. The molecule has 0 saturated carbocycles. The Bertz CT molecular complexity index is 853. The topological polar surface area (TPSA) is 55.4 Å². The fraction of sp³-hybridized carbons (Fsp3) is 0.273. The summed E-state index contributed by atoms with van der Waals surface area (Å²) in [6, 6.07) is 15.2. The van der Waals surface area contributed by atoms with Gasteiger partial charge in [-0.25, -0.2) is 4.79 Å². The lowest BCUT2D eigenvalue weighted by Gasteiger charge is -2.12. The Labute approximate surface area is 153 Å². The maximum Gasteiger partial charge on any atom is 0.338 e. The van der Waals surface area contributed by atoms with Crippen molar-refractivity contribution in [3.8, 4) is 0 Å². The highest BCUT2D eigenvalue weighted by Crippen LogP contribution is 2.39. The molecule has 0 fully saturated rings. The third-order valence-corrected chi connectivity index (χ3v) is 4.48. The first kappa shape index (κ1) is 17.9. The minimum Gasteiger partial charge on any atom is -0.462 e. The largest absolute Gasteiger partial charge is 0.462 e. The maximum atomic E-state index is 12.7. The van der Waals surface area contributed by atoms with Crippen LogP contribution in [0, 0.1) is 0 Å². The van der Waals surface area contributed by atoms with Crippen LogP contribution >= 0.6 is 0 Å². The monoisotopic (exact) mass is 349 g/mol. The van der Waals surface area contributed by atoms with Crippen molar-refractivity contribution in [3.63, 3.8) is 0 Å². The molecule has 0 unspecified atom stereocenters. The highest BCUT2D eigenvalue weighted by molar-refractivity contribution is 6.37. The molecule has 0 saturated heterocycles. The number of anilines is 1. The zero-order chi connectivity index (χ0) is 18.5. The lowest BCUT2D eigenvalue weighted by molar-refractivity contribution is -0.110. The third-order valence-electron chi connectivity index (χ3n) is 4.48. The number of carbonyl (C=O) groups excluding carboxylic acids is 2. The summed E-state index contributed by atoms with van der Waals surface area (Å²) < 4.78 is 5.10. The van der Waals surface area contributed by atoms with E-state index in [1.165, 1.54) is 0 Å². The second-order valence-corrected chi connectivity index (χ2v) is 6.26. The number of unbranched alkanes of at least 4 members (excludes halogenated alkanes) is 1. The lowest BCUT2D eigenvalue weighted by Crippen LogP contribution is -2.06. The second kappa shape index (κ2) is 8.00. The molecule has 0 atom stereocenters. The van der Waals surface area contributed by atoms with Gasteiger partial charge in [0.1, 0.15) is 0 Å². The number of carbonyl (C=O) groups is 2. The lowest BCUT2D eigenvalue weighted by atomic mass is 9.91. The summed E-state index contributed by atoms with van der Waals surface area (Å²) >= 11 is 0. The van der Waals surface area contributed by atoms with Crippen LogP contribution in [0.3, 0.4) is 0 Å². The van der Waals surface area contributed by atoms with Crippen molar-refractivity contribution in [2.45, 2.75) is 33.1 Å². The Balaban J connectivity index is 2.14. The first-order valence-corrected chi connectivity index (χ1v) is 9.07. The average Bonchev–Trinajstić information content (AvgIpc) is 2.98. The Morgan fingerprint density at radius 2 is 1.81 bits per heavy atom. The van der Waals surface area contributed by atoms with Crippen molar-refractivity contribution in [2.24, 2.45) is 0 Å². The number of fused-ring (bicyclic) bond motifs is 1. The van der Waals surface area contributed by atoms with Crippen molar-refractivity contribution in [3.05, 3.63) is 65.2 Å². The van der Waals surface area contributed by atoms with Gasteiger partial charge in [0.15, 0.2) is 0 Å². The van der Waals surface area contributed by atoms with E-state index >= 15 is 0 Å². The summed E-state index contributed by atoms with van der Waals surface area (Å²) in [5, 5.41) is 2.92. The quantitative estimate of drug-likeness (QED) is 0.595. The van der Waals surface area contributed by atoms with Crippen molar-refractivity contribution in [2.75, 3.05) is 11.9 Å². The van der Waals surface area contributed by atoms with Crippen LogP contribution in [0.4, 0.5) is 5.69 Å². The highest BCUT2D eigenvalue weighted by Gasteiger charge is 2.28. The molecule has 0 spiro atoms. The molecule has 4 nitrogen and oxygen atoms in total. The first-order valence-electron chi connectivity index (χ1n) is 9.07. The van der Waals surface area contributed by atoms with Gasteiger partial charge in [0.05, 0.1) is 17.7 Å². The standard InChI is InChI=1S/C22H23NO3/c1-3-5-11-17(15-9-7-6-8-10-15)20-18-14-16(22(25)26-4-2)12-13-19(18)23-21(20)24/h6-10,12-14H,3-5,11H2,1-2H3,(H,23,24)/b20-17-. The Hall–Kier alpha value is -2.88. The molecule has 1 amide bonds. The molecule has 0 aromatic heterocycles. The molecule has 2 aromatic carbocycles. The summed E-state index contributed by atoms with van der Waals surface area (Å²) in [5.41, 5.74) is 4.69. The first-order chi connectivity index (χ1) is 12.7. The number of rotatable bonds is 6. The maximum absolute atomic E-state index is 12.7. The van der Waals surface area contributed by atoms with Crippen LogP contribution in [0.25, 0.3) is 11.1 Å². The van der Waals surface area contributed by atoms with Crippen molar-refractivity contribution in [1.82, 2.24) is 0 Å². The zero-order valence-corrected chi connectivity index (χ0v) is 15.2. The molecule has 4 heteroatoms. The normalized spacial score (nSPS) is 14.6. The van der Waals surface area contributed by atoms with Crippen LogP contribution in [0.2, 0.25) is 0 Å². The van der Waals surface area contributed by atoms with Crippen LogP contribution in [0.1, 0.15) is 54.6 Å². The minimum atomic E-state index is -0.371. The van der Waals surface area contributed by atoms with Crippen LogP contribution < -0.4 is 5.32 Å². The third kappa shape index (κ3) is 3.54. The Morgan fingerprint density at radius 3 is 2.50 bits per heavy atom. The van der Waals surface area contributed by atoms with E-state index in [1.54, 1.807) is 25.1 Å². The van der Waals surface area contributed by atoms with Gasteiger partial charge in [0.25, 0.3) is 5.91 Å². The molecule has 26 heavy (non-hydrogen) atoms. The number of hydrogen-bond acceptors (Lipinski definition) is 3. The minimum absolute atomic E-state index is 0.115. The number of nitrogens with one attached hydrogen (secondary N) is 1. The van der Waals surface area contributed by atoms with Gasteiger partial charge >= 0.3 is 5.97 Å². The summed E-state index contributed by atoms with van der Waals surface area (Å²) in [4.78, 5) is 24.8. The number of amides is 1. The van der Waals surface area contributed by atoms with Crippen molar-refractivity contribution in [1.29, 1.82) is 0 Å². The van der Waals surface area contributed by atoms with Gasteiger partial charge in [0.2, 0.25) is 0 Å². The van der Waals surface area contributed by atoms with E-state index in [4.69, 9.17) is 4.74 Å². The molecule has 1 N–H and O–H groups in total. The number of esters is 1. The van der Waals surface area contributed by atoms with Gasteiger partial charge in [-0.2, -0.15) is 0 Å². The van der Waals surface area contributed by atoms with Crippen molar-refractivity contribution >= 4 is 28.7 Å². The Kier molecular flexibility index (Phi) is 5.52. The molecular weight excluding hydrogens is 326 g/mol. The molecule has 134 valence electrons. The van der Waals surface area contributed by atoms with Crippen molar-refractivity contribution < 1.29 is 14.3 Å². The predicted octanol–water partition coefficient (Wildman–Crippen LogP) is 4.92. The van der Waals surface area contributed by atoms with Crippen LogP contribution in [0.15, 0.2) is 48.5 Å². The molecule has 1 aliphatic heterocycles.